The minimum Gasteiger partial charge on any atom is -0.507 e. The van der Waals surface area contributed by atoms with Crippen LogP contribution in [0.3, 0.4) is 0 Å². The van der Waals surface area contributed by atoms with Crippen molar-refractivity contribution >= 4 is 163 Å². The van der Waals surface area contributed by atoms with E-state index < -0.39 is 0 Å². The van der Waals surface area contributed by atoms with Gasteiger partial charge in [0, 0.05) is 62.2 Å². The van der Waals surface area contributed by atoms with Gasteiger partial charge in [-0.25, -0.2) is 4.79 Å². The van der Waals surface area contributed by atoms with Crippen LogP contribution in [0.5, 0.6) is 28.7 Å². The lowest BCUT2D eigenvalue weighted by Crippen LogP contribution is -2.49. The molecule has 1 amide bonds. The molecule has 0 saturated carbocycles. The lowest BCUT2D eigenvalue weighted by atomic mass is 9.96. The van der Waals surface area contributed by atoms with E-state index in [2.05, 4.69) is 297 Å². The molecule has 11 rings (SSSR count). The van der Waals surface area contributed by atoms with E-state index in [0.29, 0.717) is 87.7 Å². The van der Waals surface area contributed by atoms with Crippen molar-refractivity contribution < 1.29 is 30.0 Å². The van der Waals surface area contributed by atoms with Gasteiger partial charge in [0.15, 0.2) is 5.75 Å². The van der Waals surface area contributed by atoms with E-state index >= 15 is 0 Å². The van der Waals surface area contributed by atoms with Crippen molar-refractivity contribution in [3.05, 3.63) is 272 Å². The number of benzene rings is 9. The molecule has 0 bridgehead atoms. The number of hydrogen-bond acceptors (Lipinski definition) is 9. The Morgan fingerprint density at radius 2 is 0.798 bits per heavy atom. The maximum absolute atomic E-state index is 12.6. The average Bonchev–Trinajstić information content (AvgIpc) is 0.568. The quantitative estimate of drug-likeness (QED) is 0.0843. The number of ether oxygens (including phenoxy) is 1. The summed E-state index contributed by atoms with van der Waals surface area (Å²) >= 11 is 35.0. The number of nitrogen functional groups attached to an aromatic ring is 1. The third-order valence-corrected chi connectivity index (χ3v) is 22.5. The van der Waals surface area contributed by atoms with E-state index in [0.717, 1.165) is 83.6 Å². The zero-order valence-corrected chi connectivity index (χ0v) is 79.1. The summed E-state index contributed by atoms with van der Waals surface area (Å²) in [4.78, 5) is 20.7. The molecule has 109 heavy (non-hydrogen) atoms. The number of rotatable bonds is 10. The van der Waals surface area contributed by atoms with Gasteiger partial charge in [-0.05, 0) is 311 Å². The third kappa shape index (κ3) is 31.0. The van der Waals surface area contributed by atoms with Crippen molar-refractivity contribution in [1.29, 1.82) is 0 Å². The molecule has 1 saturated heterocycles. The van der Waals surface area contributed by atoms with Gasteiger partial charge in [0.05, 0.1) is 29.2 Å². The number of carbonyl (C=O) groups is 1. The number of hydrogen-bond donors (Lipinski definition) is 5. The second-order valence-electron chi connectivity index (χ2n) is 29.3. The number of nitrogens with two attached hydrogens (primary N) is 1. The number of halogens is 9. The Hall–Kier alpha value is -5.60. The number of aromatic nitrogens is 1. The standard InChI is InChI=1S/C21H27N3O2.C13H14.C11H16O.C9H11Br2N.C9H10Br2O.C9H10Br2.C9H11BrO.C9H10Cl2O/c1-15(2)18-13-16(3)20(17(4)14-18)26-21(25)24-11-9-23(10-12-24)19-5-7-22-8-6-19;1-10(2)12-9-5-7-11-6-3-4-8-13(11)12;1-7(2)10-5-8(3)11(12)9(4)6-10;2*1-5(2)6-3-7(10)9(12)8(11)4-6;1-6(2)7-3-8(10)5-9(11)4-7;1-6(2)7-3-4-9(11)8(10)5-7;1-5(2)6-3-7(10)9(12)8(11)4-6/h5-8,13-15H,9-12H2,1-4H3;3-10H,1-2H3;5-7,12H,1-4H3;3-5H,12H2,1-2H3;3-5,12H,1-2H3;3-6H,1-2H3;3-6,11H,1-2H3;3-5,12H,1-2H3. The molecule has 10 aromatic rings. The molecule has 0 spiro atoms. The SMILES string of the molecule is CC(C)c1cc(Br)c(N)c(Br)c1.CC(C)c1cc(Br)c(O)c(Br)c1.CC(C)c1cc(Br)cc(Br)c1.CC(C)c1cc(Cl)c(O)c(Cl)c1.CC(C)c1ccc(O)c(Br)c1.CC(C)c1cccc2ccccc12.Cc1cc(C(C)C)cc(C)c1O.Cc1cc(C(C)C)cc(C)c1OC(=O)N1CCN(c2ccncc2)CC1. The molecular formula is C90H109Br7Cl2N4O6. The van der Waals surface area contributed by atoms with Crippen molar-refractivity contribution in [2.24, 2.45) is 0 Å². The highest BCUT2D eigenvalue weighted by Crippen LogP contribution is 2.38. The Morgan fingerprint density at radius 3 is 1.23 bits per heavy atom. The molecule has 10 nitrogen and oxygen atoms in total. The zero-order valence-electron chi connectivity index (χ0n) is 66.5. The number of aromatic hydroxyl groups is 4. The van der Waals surface area contributed by atoms with Crippen LogP contribution in [0.2, 0.25) is 10.0 Å². The molecule has 1 fully saturated rings. The van der Waals surface area contributed by atoms with Gasteiger partial charge in [0.25, 0.3) is 0 Å². The molecule has 2 heterocycles. The van der Waals surface area contributed by atoms with E-state index in [1.165, 1.54) is 49.7 Å². The largest absolute Gasteiger partial charge is 0.507 e. The normalized spacial score (nSPS) is 11.7. The predicted molar refractivity (Wildman–Crippen MR) is 490 cm³/mol. The van der Waals surface area contributed by atoms with Gasteiger partial charge in [-0.15, -0.1) is 0 Å². The Labute approximate surface area is 719 Å². The third-order valence-electron chi connectivity index (χ3n) is 17.9. The molecule has 1 aliphatic rings. The number of aryl methyl sites for hydroxylation is 4. The van der Waals surface area contributed by atoms with Crippen LogP contribution in [0.25, 0.3) is 10.8 Å². The molecule has 0 atom stereocenters. The average molecular weight is 1970 g/mol. The minimum absolute atomic E-state index is 0.0391. The number of anilines is 2. The van der Waals surface area contributed by atoms with Crippen LogP contribution in [0.1, 0.15) is 225 Å². The molecule has 0 radical (unpaired) electrons. The van der Waals surface area contributed by atoms with E-state index in [1.54, 1.807) is 35.5 Å². The molecule has 6 N–H and O–H groups in total. The summed E-state index contributed by atoms with van der Waals surface area (Å²) in [5.41, 5.74) is 21.7. The van der Waals surface area contributed by atoms with Gasteiger partial charge < -0.3 is 40.7 Å². The van der Waals surface area contributed by atoms with E-state index in [4.69, 9.17) is 33.7 Å². The van der Waals surface area contributed by atoms with Gasteiger partial charge >= 0.3 is 6.09 Å². The first-order chi connectivity index (χ1) is 51.0. The molecule has 19 heteroatoms. The molecule has 588 valence electrons. The maximum Gasteiger partial charge on any atom is 0.415 e. The highest BCUT2D eigenvalue weighted by Gasteiger charge is 2.25. The van der Waals surface area contributed by atoms with Crippen LogP contribution in [0.15, 0.2) is 195 Å². The van der Waals surface area contributed by atoms with Crippen molar-refractivity contribution in [2.75, 3.05) is 36.8 Å². The molecule has 1 aliphatic heterocycles. The first-order valence-corrected chi connectivity index (χ1v) is 42.9. The van der Waals surface area contributed by atoms with Gasteiger partial charge in [-0.1, -0.05) is 239 Å². The van der Waals surface area contributed by atoms with Crippen molar-refractivity contribution in [3.63, 3.8) is 0 Å². The molecular weight excluding hydrogens is 1860 g/mol. The van der Waals surface area contributed by atoms with Crippen molar-refractivity contribution in [1.82, 2.24) is 9.88 Å². The van der Waals surface area contributed by atoms with Crippen LogP contribution in [0.4, 0.5) is 16.2 Å². The van der Waals surface area contributed by atoms with Crippen LogP contribution in [-0.4, -0.2) is 62.6 Å². The number of amides is 1. The number of nitrogens with zero attached hydrogens (tertiary/aromatic N) is 3. The Morgan fingerprint density at radius 1 is 0.413 bits per heavy atom. The highest BCUT2D eigenvalue weighted by molar-refractivity contribution is 9.12. The Kier molecular flexibility index (Phi) is 40.9. The Bertz CT molecular complexity index is 4180. The summed E-state index contributed by atoms with van der Waals surface area (Å²) in [5, 5.41) is 40.7. The van der Waals surface area contributed by atoms with Crippen LogP contribution < -0.4 is 15.4 Å². The number of carbonyl (C=O) groups excluding carboxylic acids is 1. The minimum atomic E-state index is -0.261. The smallest absolute Gasteiger partial charge is 0.415 e. The first-order valence-electron chi connectivity index (χ1n) is 36.6. The molecule has 9 aromatic carbocycles. The van der Waals surface area contributed by atoms with Crippen LogP contribution in [-0.2, 0) is 0 Å². The summed E-state index contributed by atoms with van der Waals surface area (Å²) in [6.45, 7) is 45.2. The Balaban J connectivity index is 0.000000269. The lowest BCUT2D eigenvalue weighted by molar-refractivity contribution is 0.148. The van der Waals surface area contributed by atoms with Crippen LogP contribution in [0, 0.1) is 27.7 Å². The van der Waals surface area contributed by atoms with Crippen molar-refractivity contribution in [3.8, 4) is 28.7 Å². The van der Waals surface area contributed by atoms with E-state index in [9.17, 15) is 25.2 Å². The number of phenols is 4. The van der Waals surface area contributed by atoms with Crippen LogP contribution >= 0.6 is 135 Å². The number of fused-ring (bicyclic) bond motifs is 1. The summed E-state index contributed by atoms with van der Waals surface area (Å²) in [5.74, 6) is 5.69. The number of pyridine rings is 1. The topological polar surface area (TPSA) is 153 Å². The number of piperazine rings is 1. The van der Waals surface area contributed by atoms with E-state index in [1.807, 2.05) is 96.1 Å². The van der Waals surface area contributed by atoms with Gasteiger partial charge in [-0.2, -0.15) is 0 Å². The summed E-state index contributed by atoms with van der Waals surface area (Å²) in [6, 6.07) is 50.8. The van der Waals surface area contributed by atoms with Gasteiger partial charge in [0.1, 0.15) is 23.0 Å². The first kappa shape index (κ1) is 95.8. The molecule has 0 aliphatic carbocycles. The summed E-state index contributed by atoms with van der Waals surface area (Å²) in [7, 11) is 0. The fraction of sp³-hybridized carbons (Fsp3) is 0.356. The number of phenolic OH excluding ortho intramolecular Hbond substituents is 4. The maximum atomic E-state index is 12.6. The fourth-order valence-electron chi connectivity index (χ4n) is 11.0. The molecule has 1 aromatic heterocycles. The van der Waals surface area contributed by atoms with Gasteiger partial charge in [0.2, 0.25) is 0 Å². The summed E-state index contributed by atoms with van der Waals surface area (Å²) in [6.07, 6.45) is 3.33. The fourth-order valence-corrected chi connectivity index (χ4v) is 15.6. The van der Waals surface area contributed by atoms with E-state index in [-0.39, 0.29) is 17.6 Å². The summed E-state index contributed by atoms with van der Waals surface area (Å²) < 4.78 is 12.2. The van der Waals surface area contributed by atoms with Gasteiger partial charge in [-0.3, -0.25) is 4.98 Å². The van der Waals surface area contributed by atoms with Crippen molar-refractivity contribution in [2.45, 2.75) is 186 Å². The monoisotopic (exact) mass is 1960 g/mol. The second kappa shape index (κ2) is 46.5. The lowest BCUT2D eigenvalue weighted by Gasteiger charge is -2.35. The highest BCUT2D eigenvalue weighted by atomic mass is 79.9. The molecule has 0 unspecified atom stereocenters. The zero-order chi connectivity index (χ0) is 82.0. The predicted octanol–water partition coefficient (Wildman–Crippen LogP) is 30.6. The second-order valence-corrected chi connectivity index (χ2v) is 36.2.